The number of likely N-dealkylation sites (tertiary alicyclic amines) is 1. The molecule has 0 bridgehead atoms. The smallest absolute Gasteiger partial charge is 0.253 e. The molecule has 3 aromatic rings. The molecule has 198 valence electrons. The van der Waals surface area contributed by atoms with Crippen LogP contribution >= 0.6 is 0 Å². The molecule has 2 aliphatic rings. The molecule has 0 aliphatic carbocycles. The highest BCUT2D eigenvalue weighted by atomic mass is 19.1. The number of hydrogen-bond acceptors (Lipinski definition) is 5. The number of benzene rings is 3. The number of ketones is 1. The average molecular weight is 518 g/mol. The summed E-state index contributed by atoms with van der Waals surface area (Å²) in [7, 11) is 1.59. The van der Waals surface area contributed by atoms with Crippen molar-refractivity contribution in [3.8, 4) is 17.2 Å². The van der Waals surface area contributed by atoms with E-state index >= 15 is 0 Å². The lowest BCUT2D eigenvalue weighted by Crippen LogP contribution is -2.40. The van der Waals surface area contributed by atoms with E-state index in [4.69, 9.17) is 14.2 Å². The van der Waals surface area contributed by atoms with E-state index in [0.29, 0.717) is 48.2 Å². The molecule has 6 nitrogen and oxygen atoms in total. The minimum Gasteiger partial charge on any atom is -0.493 e. The number of amides is 1. The Morgan fingerprint density at radius 3 is 2.55 bits per heavy atom. The van der Waals surface area contributed by atoms with Crippen molar-refractivity contribution in [3.63, 3.8) is 0 Å². The summed E-state index contributed by atoms with van der Waals surface area (Å²) >= 11 is 0. The van der Waals surface area contributed by atoms with E-state index < -0.39 is 6.67 Å². The molecule has 1 fully saturated rings. The van der Waals surface area contributed by atoms with Gasteiger partial charge in [-0.1, -0.05) is 36.4 Å². The zero-order chi connectivity index (χ0) is 26.5. The topological polar surface area (TPSA) is 65.1 Å². The van der Waals surface area contributed by atoms with E-state index in [0.717, 1.165) is 24.0 Å². The summed E-state index contributed by atoms with van der Waals surface area (Å²) in [4.78, 5) is 27.0. The second kappa shape index (κ2) is 11.7. The van der Waals surface area contributed by atoms with Gasteiger partial charge in [-0.15, -0.1) is 0 Å². The highest BCUT2D eigenvalue weighted by Crippen LogP contribution is 2.41. The van der Waals surface area contributed by atoms with E-state index in [9.17, 15) is 14.0 Å². The molecule has 7 heteroatoms. The number of fused-ring (bicyclic) bond motifs is 1. The summed E-state index contributed by atoms with van der Waals surface area (Å²) in [5.41, 5.74) is 3.67. The van der Waals surface area contributed by atoms with Crippen LogP contribution in [-0.4, -0.2) is 56.7 Å². The predicted molar refractivity (Wildman–Crippen MR) is 142 cm³/mol. The molecular formula is C31H32FNO5. The molecule has 3 aromatic carbocycles. The lowest BCUT2D eigenvalue weighted by Gasteiger charge is -2.37. The first-order valence-corrected chi connectivity index (χ1v) is 13.1. The summed E-state index contributed by atoms with van der Waals surface area (Å²) in [6.45, 7) is 0.808. The van der Waals surface area contributed by atoms with Gasteiger partial charge in [0.2, 0.25) is 0 Å². The summed E-state index contributed by atoms with van der Waals surface area (Å²) in [5.74, 6) is 2.23. The van der Waals surface area contributed by atoms with Crippen LogP contribution < -0.4 is 14.2 Å². The molecule has 0 radical (unpaired) electrons. The van der Waals surface area contributed by atoms with Gasteiger partial charge in [0.25, 0.3) is 5.91 Å². The molecule has 5 rings (SSSR count). The number of hydrogen-bond donors (Lipinski definition) is 0. The summed E-state index contributed by atoms with van der Waals surface area (Å²) in [6, 6.07) is 21.6. The first kappa shape index (κ1) is 25.8. The highest BCUT2D eigenvalue weighted by molar-refractivity contribution is 5.95. The Balaban J connectivity index is 1.34. The van der Waals surface area contributed by atoms with Crippen molar-refractivity contribution in [2.45, 2.75) is 25.2 Å². The molecule has 1 amide bonds. The summed E-state index contributed by atoms with van der Waals surface area (Å²) < 4.78 is 29.2. The molecule has 2 heterocycles. The average Bonchev–Trinajstić information content (AvgIpc) is 2.96. The van der Waals surface area contributed by atoms with Crippen LogP contribution in [0.15, 0.2) is 66.7 Å². The second-order valence-corrected chi connectivity index (χ2v) is 9.79. The number of alkyl halides is 1. The standard InChI is InChI=1S/C31H32FNO5/c1-36-29-19-23(7-10-28(29)37-16-13-32)30(21-5-3-2-4-6-21)22-11-14-33(15-12-22)31(35)24-8-9-27-25(17-24)18-26(34)20-38-27/h2-10,17,19,22,30H,11-16,18,20H2,1H3/t30-/m1/s1. The van der Waals surface area contributed by atoms with Crippen molar-refractivity contribution in [1.82, 2.24) is 4.90 Å². The number of piperidine rings is 1. The maximum absolute atomic E-state index is 13.3. The molecule has 1 saturated heterocycles. The Hall–Kier alpha value is -3.87. The molecule has 38 heavy (non-hydrogen) atoms. The monoisotopic (exact) mass is 517 g/mol. The third-order valence-electron chi connectivity index (χ3n) is 7.42. The van der Waals surface area contributed by atoms with Gasteiger partial charge in [-0.3, -0.25) is 9.59 Å². The zero-order valence-corrected chi connectivity index (χ0v) is 21.5. The Kier molecular flexibility index (Phi) is 7.91. The van der Waals surface area contributed by atoms with Crippen LogP contribution in [0.5, 0.6) is 17.2 Å². The van der Waals surface area contributed by atoms with Crippen molar-refractivity contribution in [2.75, 3.05) is 40.1 Å². The quantitative estimate of drug-likeness (QED) is 0.409. The third-order valence-corrected chi connectivity index (χ3v) is 7.42. The van der Waals surface area contributed by atoms with Gasteiger partial charge in [-0.2, -0.15) is 0 Å². The van der Waals surface area contributed by atoms with Crippen LogP contribution in [0.1, 0.15) is 45.8 Å². The minimum atomic E-state index is -0.563. The fourth-order valence-corrected chi connectivity index (χ4v) is 5.57. The Bertz CT molecular complexity index is 1290. The summed E-state index contributed by atoms with van der Waals surface area (Å²) in [5, 5.41) is 0. The molecule has 1 atom stereocenters. The number of carbonyl (C=O) groups excluding carboxylic acids is 2. The van der Waals surface area contributed by atoms with Crippen molar-refractivity contribution < 1.29 is 28.2 Å². The lowest BCUT2D eigenvalue weighted by atomic mass is 9.76. The third kappa shape index (κ3) is 5.52. The van der Waals surface area contributed by atoms with Gasteiger partial charge >= 0.3 is 0 Å². The first-order chi connectivity index (χ1) is 18.6. The normalized spacial score (nSPS) is 16.4. The Morgan fingerprint density at radius 2 is 1.82 bits per heavy atom. The Morgan fingerprint density at radius 1 is 1.03 bits per heavy atom. The van der Waals surface area contributed by atoms with E-state index in [-0.39, 0.29) is 30.8 Å². The van der Waals surface area contributed by atoms with Gasteiger partial charge in [0.15, 0.2) is 17.3 Å². The van der Waals surface area contributed by atoms with Gasteiger partial charge in [0.1, 0.15) is 25.6 Å². The predicted octanol–water partition coefficient (Wildman–Crippen LogP) is 5.23. The Labute approximate surface area is 222 Å². The zero-order valence-electron chi connectivity index (χ0n) is 21.5. The van der Waals surface area contributed by atoms with E-state index in [1.807, 2.05) is 41.3 Å². The largest absolute Gasteiger partial charge is 0.493 e. The van der Waals surface area contributed by atoms with Crippen LogP contribution in [0.3, 0.4) is 0 Å². The van der Waals surface area contributed by atoms with Crippen LogP contribution in [0.4, 0.5) is 4.39 Å². The summed E-state index contributed by atoms with van der Waals surface area (Å²) in [6.07, 6.45) is 2.00. The fraction of sp³-hybridized carbons (Fsp3) is 0.355. The number of rotatable bonds is 8. The maximum atomic E-state index is 13.3. The van der Waals surface area contributed by atoms with Gasteiger partial charge < -0.3 is 19.1 Å². The van der Waals surface area contributed by atoms with Gasteiger partial charge in [-0.05, 0) is 60.2 Å². The number of Topliss-reactive ketones (excluding diaryl/α,β-unsaturated/α-hetero) is 1. The SMILES string of the molecule is COc1cc([C@H](c2ccccc2)C2CCN(C(=O)c3ccc4c(c3)CC(=O)CO4)CC2)ccc1OCCF. The van der Waals surface area contributed by atoms with Gasteiger partial charge in [-0.25, -0.2) is 4.39 Å². The van der Waals surface area contributed by atoms with E-state index in [2.05, 4.69) is 12.1 Å². The van der Waals surface area contributed by atoms with Crippen LogP contribution in [-0.2, 0) is 11.2 Å². The first-order valence-electron chi connectivity index (χ1n) is 13.1. The number of methoxy groups -OCH3 is 1. The molecular weight excluding hydrogens is 485 g/mol. The highest BCUT2D eigenvalue weighted by Gasteiger charge is 2.32. The lowest BCUT2D eigenvalue weighted by molar-refractivity contribution is -0.121. The van der Waals surface area contributed by atoms with Crippen molar-refractivity contribution in [3.05, 3.63) is 89.0 Å². The molecule has 0 aromatic heterocycles. The molecule has 0 N–H and O–H groups in total. The van der Waals surface area contributed by atoms with Crippen LogP contribution in [0.2, 0.25) is 0 Å². The number of carbonyl (C=O) groups is 2. The van der Waals surface area contributed by atoms with E-state index in [1.54, 1.807) is 25.3 Å². The van der Waals surface area contributed by atoms with Crippen molar-refractivity contribution >= 4 is 11.7 Å². The minimum absolute atomic E-state index is 0.0160. The number of halogens is 1. The van der Waals surface area contributed by atoms with Crippen LogP contribution in [0, 0.1) is 5.92 Å². The van der Waals surface area contributed by atoms with Crippen molar-refractivity contribution in [2.24, 2.45) is 5.92 Å². The molecule has 2 aliphatic heterocycles. The number of ether oxygens (including phenoxy) is 3. The van der Waals surface area contributed by atoms with Gasteiger partial charge in [0, 0.05) is 36.6 Å². The number of nitrogens with zero attached hydrogens (tertiary/aromatic N) is 1. The van der Waals surface area contributed by atoms with Crippen molar-refractivity contribution in [1.29, 1.82) is 0 Å². The van der Waals surface area contributed by atoms with E-state index in [1.165, 1.54) is 5.56 Å². The molecule has 0 saturated carbocycles. The fourth-order valence-electron chi connectivity index (χ4n) is 5.57. The molecule has 0 spiro atoms. The second-order valence-electron chi connectivity index (χ2n) is 9.79. The van der Waals surface area contributed by atoms with Crippen LogP contribution in [0.25, 0.3) is 0 Å². The van der Waals surface area contributed by atoms with Gasteiger partial charge in [0.05, 0.1) is 7.11 Å². The molecule has 0 unspecified atom stereocenters. The maximum Gasteiger partial charge on any atom is 0.253 e.